The summed E-state index contributed by atoms with van der Waals surface area (Å²) >= 11 is 19.0. The molecule has 0 aliphatic rings. The Hall–Kier alpha value is -2.98. The van der Waals surface area contributed by atoms with Crippen LogP contribution >= 0.6 is 34.8 Å². The number of amides is 2. The zero-order valence-corrected chi connectivity index (χ0v) is 25.5. The van der Waals surface area contributed by atoms with Crippen LogP contribution in [0.2, 0.25) is 15.1 Å². The third-order valence-electron chi connectivity index (χ3n) is 6.01. The van der Waals surface area contributed by atoms with Crippen LogP contribution in [0.3, 0.4) is 0 Å². The van der Waals surface area contributed by atoms with E-state index in [1.807, 2.05) is 0 Å². The highest BCUT2D eigenvalue weighted by molar-refractivity contribution is 7.92. The predicted octanol–water partition coefficient (Wildman–Crippen LogP) is 5.79. The molecule has 40 heavy (non-hydrogen) atoms. The maximum Gasteiger partial charge on any atom is 0.264 e. The molecule has 0 fully saturated rings. The number of nitrogens with zero attached hydrogens (tertiary/aromatic N) is 2. The van der Waals surface area contributed by atoms with E-state index < -0.39 is 34.4 Å². The smallest absolute Gasteiger partial charge is 0.264 e. The van der Waals surface area contributed by atoms with E-state index in [9.17, 15) is 18.0 Å². The molecule has 3 aromatic carbocycles. The molecule has 0 heterocycles. The van der Waals surface area contributed by atoms with Gasteiger partial charge in [0.2, 0.25) is 11.8 Å². The van der Waals surface area contributed by atoms with E-state index >= 15 is 0 Å². The van der Waals surface area contributed by atoms with Crippen molar-refractivity contribution in [2.75, 3.05) is 18.0 Å². The van der Waals surface area contributed by atoms with Gasteiger partial charge in [0, 0.05) is 33.2 Å². The topological polar surface area (TPSA) is 96.0 Å². The lowest BCUT2D eigenvalue weighted by Crippen LogP contribution is -2.52. The SMILES string of the molecule is COc1ccc(Cl)cc1N(CC(=O)N(Cc1c(Cl)cccc1Cl)[C@H](C)C(=O)NC(C)C)S(=O)(=O)c1ccccc1. The Labute approximate surface area is 249 Å². The molecule has 0 radical (unpaired) electrons. The van der Waals surface area contributed by atoms with Gasteiger partial charge in [0.15, 0.2) is 0 Å². The Bertz CT molecular complexity index is 1450. The number of benzene rings is 3. The minimum Gasteiger partial charge on any atom is -0.495 e. The van der Waals surface area contributed by atoms with Crippen molar-refractivity contribution >= 4 is 62.3 Å². The van der Waals surface area contributed by atoms with Crippen molar-refractivity contribution in [3.05, 3.63) is 87.4 Å². The van der Waals surface area contributed by atoms with Gasteiger partial charge in [-0.25, -0.2) is 8.42 Å². The number of sulfonamides is 1. The van der Waals surface area contributed by atoms with Crippen LogP contribution in [0.5, 0.6) is 5.75 Å². The molecular weight excluding hydrogens is 597 g/mol. The highest BCUT2D eigenvalue weighted by atomic mass is 35.5. The van der Waals surface area contributed by atoms with Crippen molar-refractivity contribution in [1.82, 2.24) is 10.2 Å². The molecule has 3 rings (SSSR count). The fourth-order valence-corrected chi connectivity index (χ4v) is 6.05. The first kappa shape index (κ1) is 31.5. The normalized spacial score (nSPS) is 12.1. The number of rotatable bonds is 11. The number of anilines is 1. The second-order valence-electron chi connectivity index (χ2n) is 9.20. The highest BCUT2D eigenvalue weighted by Gasteiger charge is 2.34. The minimum atomic E-state index is -4.29. The summed E-state index contributed by atoms with van der Waals surface area (Å²) < 4.78 is 34.2. The Balaban J connectivity index is 2.13. The molecule has 12 heteroatoms. The highest BCUT2D eigenvalue weighted by Crippen LogP contribution is 2.35. The van der Waals surface area contributed by atoms with Gasteiger partial charge in [-0.15, -0.1) is 0 Å². The number of carbonyl (C=O) groups excluding carboxylic acids is 2. The molecule has 0 spiro atoms. The van der Waals surface area contributed by atoms with Crippen LogP contribution in [0.4, 0.5) is 5.69 Å². The van der Waals surface area contributed by atoms with Gasteiger partial charge in [0.1, 0.15) is 18.3 Å². The third kappa shape index (κ3) is 7.40. The van der Waals surface area contributed by atoms with Gasteiger partial charge in [-0.3, -0.25) is 13.9 Å². The number of methoxy groups -OCH3 is 1. The van der Waals surface area contributed by atoms with E-state index in [-0.39, 0.29) is 33.9 Å². The second kappa shape index (κ2) is 13.6. The summed E-state index contributed by atoms with van der Waals surface area (Å²) in [6.07, 6.45) is 0. The zero-order chi connectivity index (χ0) is 29.6. The number of halogens is 3. The maximum absolute atomic E-state index is 14.0. The fraction of sp³-hybridized carbons (Fsp3) is 0.286. The molecule has 0 saturated heterocycles. The molecule has 1 N–H and O–H groups in total. The van der Waals surface area contributed by atoms with Crippen LogP contribution in [0.1, 0.15) is 26.3 Å². The van der Waals surface area contributed by atoms with Gasteiger partial charge in [-0.05, 0) is 63.2 Å². The molecule has 1 atom stereocenters. The quantitative estimate of drug-likeness (QED) is 0.291. The predicted molar refractivity (Wildman–Crippen MR) is 159 cm³/mol. The molecule has 0 aromatic heterocycles. The van der Waals surface area contributed by atoms with Crippen molar-refractivity contribution in [1.29, 1.82) is 0 Å². The van der Waals surface area contributed by atoms with Gasteiger partial charge in [-0.2, -0.15) is 0 Å². The summed E-state index contributed by atoms with van der Waals surface area (Å²) in [4.78, 5) is 28.3. The van der Waals surface area contributed by atoms with Gasteiger partial charge < -0.3 is 15.0 Å². The molecule has 0 bridgehead atoms. The summed E-state index contributed by atoms with van der Waals surface area (Å²) in [5.41, 5.74) is 0.475. The van der Waals surface area contributed by atoms with E-state index in [0.29, 0.717) is 15.6 Å². The van der Waals surface area contributed by atoms with Gasteiger partial charge >= 0.3 is 0 Å². The van der Waals surface area contributed by atoms with Crippen LogP contribution in [-0.2, 0) is 26.2 Å². The molecule has 214 valence electrons. The molecular formula is C28H30Cl3N3O5S. The van der Waals surface area contributed by atoms with Crippen molar-refractivity contribution in [2.24, 2.45) is 0 Å². The molecule has 2 amide bonds. The van der Waals surface area contributed by atoms with Crippen molar-refractivity contribution in [3.8, 4) is 5.75 Å². The van der Waals surface area contributed by atoms with Crippen LogP contribution in [-0.4, -0.2) is 50.9 Å². The number of hydrogen-bond acceptors (Lipinski definition) is 5. The lowest BCUT2D eigenvalue weighted by Gasteiger charge is -2.33. The maximum atomic E-state index is 14.0. The first-order valence-corrected chi connectivity index (χ1v) is 14.9. The standard InChI is InChI=1S/C28H30Cl3N3O5S/c1-18(2)32-28(36)19(3)33(16-22-23(30)11-8-12-24(22)31)27(35)17-34(25-15-20(29)13-14-26(25)39-4)40(37,38)21-9-6-5-7-10-21/h5-15,18-19H,16-17H2,1-4H3,(H,32,36)/t19-/m1/s1. The molecule has 0 saturated carbocycles. The summed E-state index contributed by atoms with van der Waals surface area (Å²) in [5.74, 6) is -0.920. The molecule has 0 aliphatic heterocycles. The third-order valence-corrected chi connectivity index (χ3v) is 8.73. The molecule has 0 aliphatic carbocycles. The number of carbonyl (C=O) groups is 2. The lowest BCUT2D eigenvalue weighted by molar-refractivity contribution is -0.139. The summed E-state index contributed by atoms with van der Waals surface area (Å²) in [6, 6.07) is 15.8. The molecule has 0 unspecified atom stereocenters. The monoisotopic (exact) mass is 625 g/mol. The fourth-order valence-electron chi connectivity index (χ4n) is 3.93. The average molecular weight is 627 g/mol. The van der Waals surface area contributed by atoms with E-state index in [2.05, 4.69) is 5.32 Å². The van der Waals surface area contributed by atoms with Crippen molar-refractivity contribution in [2.45, 2.75) is 44.3 Å². The second-order valence-corrected chi connectivity index (χ2v) is 12.3. The minimum absolute atomic E-state index is 0.0453. The number of hydrogen-bond donors (Lipinski definition) is 1. The van der Waals surface area contributed by atoms with Crippen LogP contribution in [0.25, 0.3) is 0 Å². The van der Waals surface area contributed by atoms with Crippen molar-refractivity contribution < 1.29 is 22.7 Å². The summed E-state index contributed by atoms with van der Waals surface area (Å²) in [7, 11) is -2.91. The van der Waals surface area contributed by atoms with E-state index in [0.717, 1.165) is 4.31 Å². The first-order valence-electron chi connectivity index (χ1n) is 12.3. The zero-order valence-electron chi connectivity index (χ0n) is 22.4. The Morgan fingerprint density at radius 2 is 1.55 bits per heavy atom. The first-order chi connectivity index (χ1) is 18.9. The lowest BCUT2D eigenvalue weighted by atomic mass is 10.1. The van der Waals surface area contributed by atoms with E-state index in [1.54, 1.807) is 63.2 Å². The number of ether oxygens (including phenoxy) is 1. The molecule has 3 aromatic rings. The largest absolute Gasteiger partial charge is 0.495 e. The van der Waals surface area contributed by atoms with Crippen LogP contribution in [0, 0.1) is 0 Å². The van der Waals surface area contributed by atoms with Gasteiger partial charge in [-0.1, -0.05) is 59.1 Å². The van der Waals surface area contributed by atoms with Crippen LogP contribution in [0.15, 0.2) is 71.6 Å². The number of nitrogens with one attached hydrogen (secondary N) is 1. The Morgan fingerprint density at radius 1 is 0.925 bits per heavy atom. The average Bonchev–Trinajstić information content (AvgIpc) is 2.91. The van der Waals surface area contributed by atoms with Crippen molar-refractivity contribution in [3.63, 3.8) is 0 Å². The van der Waals surface area contributed by atoms with E-state index in [4.69, 9.17) is 39.5 Å². The molecule has 8 nitrogen and oxygen atoms in total. The Kier molecular flexibility index (Phi) is 10.7. The van der Waals surface area contributed by atoms with Gasteiger partial charge in [0.05, 0.1) is 17.7 Å². The summed E-state index contributed by atoms with van der Waals surface area (Å²) in [6.45, 7) is 4.32. The Morgan fingerprint density at radius 3 is 2.12 bits per heavy atom. The summed E-state index contributed by atoms with van der Waals surface area (Å²) in [5, 5.41) is 3.62. The van der Waals surface area contributed by atoms with E-state index in [1.165, 1.54) is 36.3 Å². The van der Waals surface area contributed by atoms with Gasteiger partial charge in [0.25, 0.3) is 10.0 Å². The van der Waals surface area contributed by atoms with Crippen LogP contribution < -0.4 is 14.4 Å².